The van der Waals surface area contributed by atoms with Crippen molar-refractivity contribution in [2.24, 2.45) is 5.41 Å². The molecule has 0 aromatic carbocycles. The molecular formula is C13H23N3O4S. The van der Waals surface area contributed by atoms with E-state index in [1.165, 1.54) is 6.20 Å². The average molecular weight is 317 g/mol. The molecule has 0 unspecified atom stereocenters. The van der Waals surface area contributed by atoms with Crippen molar-refractivity contribution in [1.82, 2.24) is 14.3 Å². The number of hydrogen-bond acceptors (Lipinski definition) is 4. The molecule has 7 nitrogen and oxygen atoms in total. The molecule has 1 atom stereocenters. The van der Waals surface area contributed by atoms with Gasteiger partial charge in [0.05, 0.1) is 0 Å². The van der Waals surface area contributed by atoms with Crippen LogP contribution < -0.4 is 4.72 Å². The van der Waals surface area contributed by atoms with E-state index in [2.05, 4.69) is 9.71 Å². The van der Waals surface area contributed by atoms with Crippen LogP contribution in [0.25, 0.3) is 0 Å². The van der Waals surface area contributed by atoms with Crippen LogP contribution >= 0.6 is 0 Å². The first kappa shape index (κ1) is 17.6. The van der Waals surface area contributed by atoms with Crippen molar-refractivity contribution in [2.45, 2.75) is 58.7 Å². The Balaban J connectivity index is 3.11. The van der Waals surface area contributed by atoms with Gasteiger partial charge in [-0.1, -0.05) is 27.7 Å². The molecule has 0 saturated heterocycles. The Hall–Kier alpha value is -1.41. The van der Waals surface area contributed by atoms with E-state index >= 15 is 0 Å². The Bertz CT molecular complexity index is 614. The summed E-state index contributed by atoms with van der Waals surface area (Å²) in [4.78, 5) is 15.3. The molecule has 1 heterocycles. The van der Waals surface area contributed by atoms with Gasteiger partial charge in [-0.2, -0.15) is 4.72 Å². The highest BCUT2D eigenvalue weighted by Gasteiger charge is 2.36. The van der Waals surface area contributed by atoms with Crippen LogP contribution in [0.2, 0.25) is 0 Å². The number of aryl methyl sites for hydroxylation is 2. The minimum atomic E-state index is -3.97. The van der Waals surface area contributed by atoms with Crippen LogP contribution in [0.4, 0.5) is 0 Å². The van der Waals surface area contributed by atoms with E-state index in [1.54, 1.807) is 32.3 Å². The third-order valence-corrected chi connectivity index (χ3v) is 4.37. The fourth-order valence-electron chi connectivity index (χ4n) is 1.89. The number of carboxylic acid groups (broad SMARTS) is 1. The van der Waals surface area contributed by atoms with Gasteiger partial charge in [-0.05, 0) is 18.8 Å². The van der Waals surface area contributed by atoms with E-state index in [0.29, 0.717) is 12.4 Å². The summed E-state index contributed by atoms with van der Waals surface area (Å²) in [6, 6.07) is -1.22. The van der Waals surface area contributed by atoms with Crippen molar-refractivity contribution >= 4 is 16.0 Å². The van der Waals surface area contributed by atoms with Gasteiger partial charge >= 0.3 is 5.97 Å². The maximum absolute atomic E-state index is 12.3. The number of aromatic nitrogens is 2. The summed E-state index contributed by atoms with van der Waals surface area (Å²) in [5, 5.41) is 9.06. The first-order valence-corrected chi connectivity index (χ1v) is 8.26. The van der Waals surface area contributed by atoms with E-state index in [-0.39, 0.29) is 5.03 Å². The van der Waals surface area contributed by atoms with Gasteiger partial charge < -0.3 is 9.67 Å². The SMILES string of the molecule is CCCn1cc(S(=O)(=O)N[C@H](C(=O)O)C(C)(C)C)nc1C. The Kier molecular flexibility index (Phi) is 5.16. The second kappa shape index (κ2) is 6.15. The number of aliphatic carboxylic acids is 1. The monoisotopic (exact) mass is 317 g/mol. The minimum Gasteiger partial charge on any atom is -0.480 e. The Morgan fingerprint density at radius 3 is 2.48 bits per heavy atom. The molecule has 1 rings (SSSR count). The van der Waals surface area contributed by atoms with Crippen LogP contribution in [-0.4, -0.2) is 35.1 Å². The Labute approximate surface area is 125 Å². The lowest BCUT2D eigenvalue weighted by Crippen LogP contribution is -2.49. The minimum absolute atomic E-state index is 0.149. The molecule has 2 N–H and O–H groups in total. The molecule has 0 fully saturated rings. The molecule has 0 aliphatic rings. The summed E-state index contributed by atoms with van der Waals surface area (Å²) in [5.74, 6) is -0.629. The molecule has 0 aliphatic heterocycles. The summed E-state index contributed by atoms with van der Waals surface area (Å²) in [6.07, 6.45) is 2.28. The highest BCUT2D eigenvalue weighted by atomic mass is 32.2. The van der Waals surface area contributed by atoms with E-state index in [0.717, 1.165) is 6.42 Å². The van der Waals surface area contributed by atoms with Crippen LogP contribution in [0.15, 0.2) is 11.2 Å². The normalized spacial score (nSPS) is 14.1. The highest BCUT2D eigenvalue weighted by molar-refractivity contribution is 7.89. The number of nitrogens with zero attached hydrogens (tertiary/aromatic N) is 2. The maximum atomic E-state index is 12.3. The number of imidazole rings is 1. The van der Waals surface area contributed by atoms with Gasteiger partial charge in [-0.25, -0.2) is 13.4 Å². The van der Waals surface area contributed by atoms with Gasteiger partial charge in [0.25, 0.3) is 10.0 Å². The number of sulfonamides is 1. The van der Waals surface area contributed by atoms with Gasteiger partial charge in [0, 0.05) is 12.7 Å². The third-order valence-electron chi connectivity index (χ3n) is 3.08. The van der Waals surface area contributed by atoms with Crippen molar-refractivity contribution in [3.63, 3.8) is 0 Å². The summed E-state index contributed by atoms with van der Waals surface area (Å²) < 4.78 is 28.6. The first-order chi connectivity index (χ1) is 9.49. The van der Waals surface area contributed by atoms with E-state index in [9.17, 15) is 18.3 Å². The molecule has 0 amide bonds. The number of hydrogen-bond donors (Lipinski definition) is 2. The lowest BCUT2D eigenvalue weighted by Gasteiger charge is -2.27. The maximum Gasteiger partial charge on any atom is 0.322 e. The molecule has 0 saturated carbocycles. The number of carboxylic acids is 1. The van der Waals surface area contributed by atoms with E-state index in [4.69, 9.17) is 0 Å². The summed E-state index contributed by atoms with van der Waals surface area (Å²) in [7, 11) is -3.97. The smallest absolute Gasteiger partial charge is 0.322 e. The zero-order valence-corrected chi connectivity index (χ0v) is 13.9. The van der Waals surface area contributed by atoms with Crippen molar-refractivity contribution in [2.75, 3.05) is 0 Å². The number of rotatable bonds is 6. The number of nitrogens with one attached hydrogen (secondary N) is 1. The average Bonchev–Trinajstić information content (AvgIpc) is 2.68. The molecular weight excluding hydrogens is 294 g/mol. The third kappa shape index (κ3) is 4.28. The molecule has 1 aromatic rings. The molecule has 8 heteroatoms. The van der Waals surface area contributed by atoms with Crippen molar-refractivity contribution in [3.8, 4) is 0 Å². The van der Waals surface area contributed by atoms with E-state index < -0.39 is 27.4 Å². The van der Waals surface area contributed by atoms with Crippen LogP contribution in [0.3, 0.4) is 0 Å². The predicted molar refractivity (Wildman–Crippen MR) is 78.5 cm³/mol. The second-order valence-electron chi connectivity index (χ2n) is 6.08. The van der Waals surface area contributed by atoms with Crippen LogP contribution in [0, 0.1) is 12.3 Å². The van der Waals surface area contributed by atoms with Gasteiger partial charge in [-0.3, -0.25) is 4.79 Å². The highest BCUT2D eigenvalue weighted by Crippen LogP contribution is 2.21. The van der Waals surface area contributed by atoms with Crippen LogP contribution in [-0.2, 0) is 21.4 Å². The second-order valence-corrected chi connectivity index (χ2v) is 7.74. The van der Waals surface area contributed by atoms with Crippen LogP contribution in [0.1, 0.15) is 39.9 Å². The largest absolute Gasteiger partial charge is 0.480 e. The fraction of sp³-hybridized carbons (Fsp3) is 0.692. The standard InChI is InChI=1S/C13H23N3O4S/c1-6-7-16-8-10(14-9(16)2)21(19,20)15-11(12(17)18)13(3,4)5/h8,11,15H,6-7H2,1-5H3,(H,17,18)/t11-/m1/s1. The first-order valence-electron chi connectivity index (χ1n) is 6.78. The van der Waals surface area contributed by atoms with Crippen LogP contribution in [0.5, 0.6) is 0 Å². The predicted octanol–water partition coefficient (Wildman–Crippen LogP) is 1.38. The fourth-order valence-corrected chi connectivity index (χ4v) is 3.29. The quantitative estimate of drug-likeness (QED) is 0.825. The van der Waals surface area contributed by atoms with Crippen molar-refractivity contribution in [3.05, 3.63) is 12.0 Å². The Morgan fingerprint density at radius 2 is 2.05 bits per heavy atom. The summed E-state index contributed by atoms with van der Waals surface area (Å²) in [6.45, 7) is 9.34. The molecule has 1 aromatic heterocycles. The summed E-state index contributed by atoms with van der Waals surface area (Å²) in [5.41, 5.74) is -0.750. The molecule has 120 valence electrons. The number of carbonyl (C=O) groups is 1. The van der Waals surface area contributed by atoms with Crippen molar-refractivity contribution < 1.29 is 18.3 Å². The topological polar surface area (TPSA) is 101 Å². The molecule has 0 spiro atoms. The van der Waals surface area contributed by atoms with Gasteiger partial charge in [0.2, 0.25) is 0 Å². The van der Waals surface area contributed by atoms with Crippen molar-refractivity contribution in [1.29, 1.82) is 0 Å². The molecule has 0 aliphatic carbocycles. The lowest BCUT2D eigenvalue weighted by molar-refractivity contribution is -0.141. The molecule has 0 bridgehead atoms. The molecule has 21 heavy (non-hydrogen) atoms. The molecule has 0 radical (unpaired) electrons. The van der Waals surface area contributed by atoms with Gasteiger partial charge in [0.1, 0.15) is 11.9 Å². The van der Waals surface area contributed by atoms with Gasteiger partial charge in [-0.15, -0.1) is 0 Å². The zero-order chi connectivity index (χ0) is 16.4. The van der Waals surface area contributed by atoms with E-state index in [1.807, 2.05) is 6.92 Å². The Morgan fingerprint density at radius 1 is 1.48 bits per heavy atom. The zero-order valence-electron chi connectivity index (χ0n) is 13.0. The summed E-state index contributed by atoms with van der Waals surface area (Å²) >= 11 is 0. The van der Waals surface area contributed by atoms with Gasteiger partial charge in [0.15, 0.2) is 5.03 Å². The lowest BCUT2D eigenvalue weighted by atomic mass is 9.88.